The van der Waals surface area contributed by atoms with Crippen molar-refractivity contribution in [3.63, 3.8) is 0 Å². The maximum Gasteiger partial charge on any atom is 0.412 e. The summed E-state index contributed by atoms with van der Waals surface area (Å²) in [5.74, 6) is -0.912. The van der Waals surface area contributed by atoms with Crippen LogP contribution < -0.4 is 15.4 Å². The second-order valence-electron chi connectivity index (χ2n) is 9.24. The third-order valence-electron chi connectivity index (χ3n) is 6.13. The lowest BCUT2D eigenvalue weighted by Crippen LogP contribution is -2.46. The molecule has 1 heterocycles. The molecule has 0 saturated carbocycles. The number of hydrogen-bond acceptors (Lipinski definition) is 6. The van der Waals surface area contributed by atoms with Crippen LogP contribution in [0.5, 0.6) is 0 Å². The van der Waals surface area contributed by atoms with Gasteiger partial charge >= 0.3 is 12.1 Å². The number of pyridine rings is 1. The Hall–Kier alpha value is -3.59. The van der Waals surface area contributed by atoms with Gasteiger partial charge in [-0.05, 0) is 54.1 Å². The highest BCUT2D eigenvalue weighted by Gasteiger charge is 2.23. The summed E-state index contributed by atoms with van der Waals surface area (Å²) in [5, 5.41) is 6.23. The normalized spacial score (nSPS) is 12.3. The first-order chi connectivity index (χ1) is 19.4. The molecule has 0 spiro atoms. The molecule has 3 N–H and O–H groups in total. The average molecular weight is 613 g/mol. The van der Waals surface area contributed by atoms with E-state index in [2.05, 4.69) is 20.3 Å². The van der Waals surface area contributed by atoms with Crippen LogP contribution in [0.15, 0.2) is 48.7 Å². The second-order valence-corrected chi connectivity index (χ2v) is 11.6. The highest BCUT2D eigenvalue weighted by molar-refractivity contribution is 7.87. The van der Waals surface area contributed by atoms with Crippen LogP contribution in [-0.4, -0.2) is 75.1 Å². The summed E-state index contributed by atoms with van der Waals surface area (Å²) < 4.78 is 60.1. The van der Waals surface area contributed by atoms with Crippen molar-refractivity contribution in [1.82, 2.24) is 24.2 Å². The molecule has 3 aromatic rings. The lowest BCUT2D eigenvalue weighted by molar-refractivity contribution is 0.113. The van der Waals surface area contributed by atoms with Crippen LogP contribution in [0.1, 0.15) is 18.4 Å². The fourth-order valence-electron chi connectivity index (χ4n) is 3.70. The Bertz CT molecular complexity index is 1490. The van der Waals surface area contributed by atoms with E-state index in [1.165, 1.54) is 62.6 Å². The number of likely N-dealkylation sites (N-methyl/N-ethyl adjacent to an activating group) is 1. The summed E-state index contributed by atoms with van der Waals surface area (Å²) in [5.41, 5.74) is 0.376. The number of urea groups is 1. The van der Waals surface area contributed by atoms with E-state index in [0.29, 0.717) is 22.8 Å². The van der Waals surface area contributed by atoms with Crippen molar-refractivity contribution in [2.45, 2.75) is 25.4 Å². The Labute approximate surface area is 242 Å². The van der Waals surface area contributed by atoms with Crippen molar-refractivity contribution in [2.24, 2.45) is 0 Å². The predicted molar refractivity (Wildman–Crippen MR) is 152 cm³/mol. The van der Waals surface area contributed by atoms with Crippen molar-refractivity contribution in [3.8, 4) is 0 Å². The van der Waals surface area contributed by atoms with Crippen molar-refractivity contribution < 1.29 is 31.5 Å². The van der Waals surface area contributed by atoms with Gasteiger partial charge in [-0.1, -0.05) is 23.7 Å². The number of amides is 3. The van der Waals surface area contributed by atoms with Gasteiger partial charge in [0.1, 0.15) is 24.1 Å². The average Bonchev–Trinajstić information content (AvgIpc) is 2.92. The smallest absolute Gasteiger partial charge is 0.412 e. The van der Waals surface area contributed by atoms with Crippen LogP contribution in [-0.2, 0) is 21.5 Å². The van der Waals surface area contributed by atoms with E-state index in [9.17, 15) is 26.8 Å². The summed E-state index contributed by atoms with van der Waals surface area (Å²) in [6.45, 7) is -0.209. The van der Waals surface area contributed by atoms with Gasteiger partial charge in [0.2, 0.25) is 0 Å². The van der Waals surface area contributed by atoms with E-state index in [1.807, 2.05) is 0 Å². The third kappa shape index (κ3) is 9.21. The summed E-state index contributed by atoms with van der Waals surface area (Å²) >= 11 is 5.97. The van der Waals surface area contributed by atoms with Gasteiger partial charge in [0, 0.05) is 45.8 Å². The molecule has 0 aliphatic heterocycles. The molecule has 0 fully saturated rings. The lowest BCUT2D eigenvalue weighted by atomic mass is 10.1. The molecule has 0 radical (unpaired) electrons. The monoisotopic (exact) mass is 612 g/mol. The minimum absolute atomic E-state index is 0.0509. The highest BCUT2D eigenvalue weighted by Crippen LogP contribution is 2.20. The molecule has 0 aliphatic carbocycles. The van der Waals surface area contributed by atoms with Gasteiger partial charge in [-0.25, -0.2) is 28.1 Å². The van der Waals surface area contributed by atoms with E-state index in [-0.39, 0.29) is 37.0 Å². The molecule has 0 unspecified atom stereocenters. The van der Waals surface area contributed by atoms with Gasteiger partial charge in [0.25, 0.3) is 10.2 Å². The van der Waals surface area contributed by atoms with Crippen LogP contribution >= 0.6 is 11.6 Å². The van der Waals surface area contributed by atoms with Crippen LogP contribution in [0.2, 0.25) is 5.02 Å². The quantitative estimate of drug-likeness (QED) is 0.264. The summed E-state index contributed by atoms with van der Waals surface area (Å²) in [4.78, 5) is 30.8. The van der Waals surface area contributed by atoms with E-state index in [0.717, 1.165) is 4.31 Å². The molecule has 2 aromatic carbocycles. The number of ether oxygens (including phenoxy) is 1. The molecule has 1 atom stereocenters. The van der Waals surface area contributed by atoms with Crippen molar-refractivity contribution in [3.05, 3.63) is 70.9 Å². The minimum Gasteiger partial charge on any atom is -0.447 e. The van der Waals surface area contributed by atoms with Crippen molar-refractivity contribution in [2.75, 3.05) is 39.6 Å². The van der Waals surface area contributed by atoms with Gasteiger partial charge in [-0.15, -0.1) is 0 Å². The van der Waals surface area contributed by atoms with Crippen molar-refractivity contribution >= 4 is 50.5 Å². The van der Waals surface area contributed by atoms with E-state index >= 15 is 0 Å². The summed E-state index contributed by atoms with van der Waals surface area (Å²) in [6, 6.07) is 8.69. The molecule has 1 aromatic heterocycles. The lowest BCUT2D eigenvalue weighted by Gasteiger charge is -2.28. The number of nitrogens with one attached hydrogen (secondary N) is 3. The zero-order valence-corrected chi connectivity index (χ0v) is 24.2. The Morgan fingerprint density at radius 2 is 1.85 bits per heavy atom. The summed E-state index contributed by atoms with van der Waals surface area (Å²) in [7, 11) is 0.628. The zero-order chi connectivity index (χ0) is 30.2. The molecular formula is C26H31ClF2N6O5S. The number of aromatic nitrogens is 1. The van der Waals surface area contributed by atoms with Gasteiger partial charge in [-0.3, -0.25) is 5.32 Å². The number of nitrogens with zero attached hydrogens (tertiary/aromatic N) is 3. The van der Waals surface area contributed by atoms with E-state index < -0.39 is 40.0 Å². The first-order valence-electron chi connectivity index (χ1n) is 12.5. The number of hydrogen-bond donors (Lipinski definition) is 3. The second kappa shape index (κ2) is 14.3. The maximum atomic E-state index is 13.7. The van der Waals surface area contributed by atoms with Gasteiger partial charge in [-0.2, -0.15) is 12.7 Å². The molecule has 0 bridgehead atoms. The fraction of sp³-hybridized carbons (Fsp3) is 0.346. The molecule has 222 valence electrons. The van der Waals surface area contributed by atoms with Gasteiger partial charge < -0.3 is 15.0 Å². The van der Waals surface area contributed by atoms with Crippen LogP contribution in [0.4, 0.5) is 24.2 Å². The van der Waals surface area contributed by atoms with Crippen LogP contribution in [0, 0.1) is 11.6 Å². The topological polar surface area (TPSA) is 133 Å². The predicted octanol–water partition coefficient (Wildman–Crippen LogP) is 4.10. The molecule has 0 saturated heterocycles. The van der Waals surface area contributed by atoms with Gasteiger partial charge in [0.05, 0.1) is 11.1 Å². The highest BCUT2D eigenvalue weighted by atomic mass is 35.5. The van der Waals surface area contributed by atoms with Crippen LogP contribution in [0.25, 0.3) is 10.8 Å². The molecule has 3 amide bonds. The zero-order valence-electron chi connectivity index (χ0n) is 22.7. The molecule has 15 heteroatoms. The largest absolute Gasteiger partial charge is 0.447 e. The molecule has 3 rings (SSSR count). The first kappa shape index (κ1) is 31.9. The number of carbonyl (C=O) groups is 2. The molecule has 0 aliphatic rings. The fourth-order valence-corrected chi connectivity index (χ4v) is 4.55. The molecular weight excluding hydrogens is 582 g/mol. The molecule has 41 heavy (non-hydrogen) atoms. The summed E-state index contributed by atoms with van der Waals surface area (Å²) in [6.07, 6.45) is 1.20. The number of fused-ring (bicyclic) bond motifs is 1. The van der Waals surface area contributed by atoms with E-state index in [1.54, 1.807) is 12.1 Å². The number of halogens is 3. The number of benzene rings is 2. The van der Waals surface area contributed by atoms with Crippen molar-refractivity contribution in [1.29, 1.82) is 0 Å². The van der Waals surface area contributed by atoms with Gasteiger partial charge in [0.15, 0.2) is 0 Å². The third-order valence-corrected chi connectivity index (χ3v) is 8.08. The maximum absolute atomic E-state index is 13.7. The number of rotatable bonds is 12. The van der Waals surface area contributed by atoms with E-state index in [4.69, 9.17) is 16.3 Å². The minimum atomic E-state index is -3.64. The standard InChI is InChI=1S/C26H31ClF2N6O5S/c1-34(2)41(38,39)32-11-5-7-21(35(3)25(36)31-15-18-6-4-8-22(29)24(18)27)16-40-26(37)33-23-13-19-12-20(28)10-9-17(19)14-30-23/h4,6,8-10,12-14,21,32H,5,7,11,15-16H2,1-3H3,(H,31,36)(H,30,33,37)/t21-/m0/s1. The SMILES string of the molecule is CN(C(=O)NCc1cccc(F)c1Cl)[C@@H](CCCNS(=O)(=O)N(C)C)COC(=O)Nc1cc2cc(F)ccc2cn1. The Morgan fingerprint density at radius 1 is 1.10 bits per heavy atom. The Morgan fingerprint density at radius 3 is 2.59 bits per heavy atom. The van der Waals surface area contributed by atoms with Crippen LogP contribution in [0.3, 0.4) is 0 Å². The Balaban J connectivity index is 1.63. The number of anilines is 1. The first-order valence-corrected chi connectivity index (χ1v) is 14.3. The molecule has 11 nitrogen and oxygen atoms in total. The Kier molecular flexibility index (Phi) is 11.2. The number of carbonyl (C=O) groups excluding carboxylic acids is 2.